The second-order valence-electron chi connectivity index (χ2n) is 6.21. The van der Waals surface area contributed by atoms with E-state index in [-0.39, 0.29) is 5.91 Å². The van der Waals surface area contributed by atoms with Gasteiger partial charge in [-0.15, -0.1) is 0 Å². The van der Waals surface area contributed by atoms with E-state index in [9.17, 15) is 4.79 Å². The molecule has 0 spiro atoms. The average Bonchev–Trinajstić information content (AvgIpc) is 2.44. The SMILES string of the molecule is COc1cc(NC2CCC(C)C(C)C2)ccc1NC(C)=O. The third-order valence-corrected chi connectivity index (χ3v) is 4.48. The quantitative estimate of drug-likeness (QED) is 0.884. The highest BCUT2D eigenvalue weighted by molar-refractivity contribution is 5.90. The van der Waals surface area contributed by atoms with Crippen LogP contribution in [0.25, 0.3) is 0 Å². The number of hydrogen-bond donors (Lipinski definition) is 2. The molecule has 3 atom stereocenters. The van der Waals surface area contributed by atoms with Crippen molar-refractivity contribution in [3.8, 4) is 5.75 Å². The van der Waals surface area contributed by atoms with Gasteiger partial charge < -0.3 is 15.4 Å². The van der Waals surface area contributed by atoms with Crippen LogP contribution in [0.5, 0.6) is 5.75 Å². The lowest BCUT2D eigenvalue weighted by molar-refractivity contribution is -0.114. The highest BCUT2D eigenvalue weighted by atomic mass is 16.5. The summed E-state index contributed by atoms with van der Waals surface area (Å²) in [6, 6.07) is 6.36. The number of carbonyl (C=O) groups is 1. The Bertz CT molecular complexity index is 502. The predicted molar refractivity (Wildman–Crippen MR) is 86.9 cm³/mol. The normalized spacial score (nSPS) is 25.2. The Morgan fingerprint density at radius 2 is 2.00 bits per heavy atom. The van der Waals surface area contributed by atoms with Crippen molar-refractivity contribution in [3.63, 3.8) is 0 Å². The van der Waals surface area contributed by atoms with Crippen molar-refractivity contribution >= 4 is 17.3 Å². The Kier molecular flexibility index (Phi) is 5.10. The maximum atomic E-state index is 11.2. The summed E-state index contributed by atoms with van der Waals surface area (Å²) in [5.74, 6) is 2.17. The zero-order valence-electron chi connectivity index (χ0n) is 13.4. The lowest BCUT2D eigenvalue weighted by Crippen LogP contribution is -2.30. The number of methoxy groups -OCH3 is 1. The predicted octanol–water partition coefficient (Wildman–Crippen LogP) is 3.89. The molecule has 0 heterocycles. The summed E-state index contributed by atoms with van der Waals surface area (Å²) in [5.41, 5.74) is 1.76. The first-order valence-electron chi connectivity index (χ1n) is 7.71. The maximum absolute atomic E-state index is 11.2. The minimum Gasteiger partial charge on any atom is -0.494 e. The molecule has 0 aromatic heterocycles. The Morgan fingerprint density at radius 3 is 2.62 bits per heavy atom. The van der Waals surface area contributed by atoms with Crippen molar-refractivity contribution < 1.29 is 9.53 Å². The second kappa shape index (κ2) is 6.83. The molecule has 0 aliphatic heterocycles. The van der Waals surface area contributed by atoms with Crippen LogP contribution < -0.4 is 15.4 Å². The average molecular weight is 290 g/mol. The summed E-state index contributed by atoms with van der Waals surface area (Å²) in [5, 5.41) is 6.37. The molecule has 0 saturated heterocycles. The summed E-state index contributed by atoms with van der Waals surface area (Å²) >= 11 is 0. The van der Waals surface area contributed by atoms with Gasteiger partial charge in [-0.2, -0.15) is 0 Å². The first-order valence-corrected chi connectivity index (χ1v) is 7.71. The van der Waals surface area contributed by atoms with Gasteiger partial charge in [0.25, 0.3) is 0 Å². The van der Waals surface area contributed by atoms with E-state index in [1.807, 2.05) is 18.2 Å². The highest BCUT2D eigenvalue weighted by Gasteiger charge is 2.24. The molecule has 4 nitrogen and oxygen atoms in total. The van der Waals surface area contributed by atoms with E-state index in [4.69, 9.17) is 4.74 Å². The molecular weight excluding hydrogens is 264 g/mol. The molecule has 1 aliphatic carbocycles. The molecule has 2 N–H and O–H groups in total. The summed E-state index contributed by atoms with van der Waals surface area (Å²) < 4.78 is 5.36. The van der Waals surface area contributed by atoms with E-state index < -0.39 is 0 Å². The number of benzene rings is 1. The Balaban J connectivity index is 2.05. The van der Waals surface area contributed by atoms with Crippen LogP contribution in [-0.2, 0) is 4.79 Å². The number of carbonyl (C=O) groups excluding carboxylic acids is 1. The Labute approximate surface area is 127 Å². The van der Waals surface area contributed by atoms with Gasteiger partial charge in [0.1, 0.15) is 5.75 Å². The van der Waals surface area contributed by atoms with E-state index in [1.165, 1.54) is 26.2 Å². The van der Waals surface area contributed by atoms with Gasteiger partial charge in [-0.3, -0.25) is 4.79 Å². The summed E-state index contributed by atoms with van der Waals surface area (Å²) in [7, 11) is 1.62. The van der Waals surface area contributed by atoms with Crippen LogP contribution in [0.4, 0.5) is 11.4 Å². The molecule has 1 saturated carbocycles. The lowest BCUT2D eigenvalue weighted by atomic mass is 9.79. The molecular formula is C17H26N2O2. The fraction of sp³-hybridized carbons (Fsp3) is 0.588. The van der Waals surface area contributed by atoms with Gasteiger partial charge in [0.2, 0.25) is 5.91 Å². The first kappa shape index (κ1) is 15.7. The molecule has 1 aromatic rings. The molecule has 4 heteroatoms. The Hall–Kier alpha value is -1.71. The van der Waals surface area contributed by atoms with E-state index >= 15 is 0 Å². The van der Waals surface area contributed by atoms with Crippen LogP contribution in [0.3, 0.4) is 0 Å². The molecule has 1 aliphatic rings. The van der Waals surface area contributed by atoms with Crippen molar-refractivity contribution in [2.75, 3.05) is 17.7 Å². The molecule has 1 amide bonds. The van der Waals surface area contributed by atoms with Gasteiger partial charge in [-0.25, -0.2) is 0 Å². The number of rotatable bonds is 4. The summed E-state index contributed by atoms with van der Waals surface area (Å²) in [6.45, 7) is 6.17. The second-order valence-corrected chi connectivity index (χ2v) is 6.21. The van der Waals surface area contributed by atoms with Crippen LogP contribution in [0.1, 0.15) is 40.0 Å². The van der Waals surface area contributed by atoms with Crippen molar-refractivity contribution in [3.05, 3.63) is 18.2 Å². The van der Waals surface area contributed by atoms with Crippen molar-refractivity contribution in [1.82, 2.24) is 0 Å². The molecule has 0 radical (unpaired) electrons. The standard InChI is InChI=1S/C17H26N2O2/c1-11-5-6-14(9-12(11)2)19-15-7-8-16(18-13(3)20)17(10-15)21-4/h7-8,10-12,14,19H,5-6,9H2,1-4H3,(H,18,20). The topological polar surface area (TPSA) is 50.4 Å². The summed E-state index contributed by atoms with van der Waals surface area (Å²) in [6.07, 6.45) is 3.69. The van der Waals surface area contributed by atoms with E-state index in [0.717, 1.165) is 17.5 Å². The monoisotopic (exact) mass is 290 g/mol. The van der Waals surface area contributed by atoms with Crippen molar-refractivity contribution in [2.24, 2.45) is 11.8 Å². The van der Waals surface area contributed by atoms with Crippen LogP contribution >= 0.6 is 0 Å². The van der Waals surface area contributed by atoms with Crippen LogP contribution in [-0.4, -0.2) is 19.1 Å². The molecule has 0 bridgehead atoms. The van der Waals surface area contributed by atoms with Gasteiger partial charge >= 0.3 is 0 Å². The van der Waals surface area contributed by atoms with Crippen molar-refractivity contribution in [2.45, 2.75) is 46.1 Å². The number of nitrogens with one attached hydrogen (secondary N) is 2. The molecule has 3 unspecified atom stereocenters. The first-order chi connectivity index (χ1) is 9.99. The third kappa shape index (κ3) is 4.13. The van der Waals surface area contributed by atoms with Crippen LogP contribution in [0.2, 0.25) is 0 Å². The number of amides is 1. The molecule has 21 heavy (non-hydrogen) atoms. The van der Waals surface area contributed by atoms with E-state index in [1.54, 1.807) is 7.11 Å². The largest absolute Gasteiger partial charge is 0.494 e. The lowest BCUT2D eigenvalue weighted by Gasteiger charge is -2.33. The minimum absolute atomic E-state index is 0.0934. The van der Waals surface area contributed by atoms with Gasteiger partial charge in [-0.1, -0.05) is 13.8 Å². The summed E-state index contributed by atoms with van der Waals surface area (Å²) in [4.78, 5) is 11.2. The van der Waals surface area contributed by atoms with Gasteiger partial charge in [0.15, 0.2) is 0 Å². The molecule has 116 valence electrons. The fourth-order valence-corrected chi connectivity index (χ4v) is 2.99. The maximum Gasteiger partial charge on any atom is 0.221 e. The molecule has 1 fully saturated rings. The zero-order chi connectivity index (χ0) is 15.4. The van der Waals surface area contributed by atoms with Gasteiger partial charge in [0, 0.05) is 24.7 Å². The highest BCUT2D eigenvalue weighted by Crippen LogP contribution is 2.33. The smallest absolute Gasteiger partial charge is 0.221 e. The van der Waals surface area contributed by atoms with Gasteiger partial charge in [-0.05, 0) is 43.2 Å². The van der Waals surface area contributed by atoms with Crippen LogP contribution in [0, 0.1) is 11.8 Å². The number of hydrogen-bond acceptors (Lipinski definition) is 3. The number of anilines is 2. The third-order valence-electron chi connectivity index (χ3n) is 4.48. The van der Waals surface area contributed by atoms with E-state index in [0.29, 0.717) is 17.5 Å². The zero-order valence-corrected chi connectivity index (χ0v) is 13.4. The number of ether oxygens (including phenoxy) is 1. The van der Waals surface area contributed by atoms with E-state index in [2.05, 4.69) is 24.5 Å². The van der Waals surface area contributed by atoms with Crippen molar-refractivity contribution in [1.29, 1.82) is 0 Å². The molecule has 2 rings (SSSR count). The minimum atomic E-state index is -0.0934. The van der Waals surface area contributed by atoms with Crippen LogP contribution in [0.15, 0.2) is 18.2 Å². The fourth-order valence-electron chi connectivity index (χ4n) is 2.99. The van der Waals surface area contributed by atoms with Gasteiger partial charge in [0.05, 0.1) is 12.8 Å². The Morgan fingerprint density at radius 1 is 1.24 bits per heavy atom. The molecule has 1 aromatic carbocycles.